The van der Waals surface area contributed by atoms with Crippen molar-refractivity contribution in [1.29, 1.82) is 0 Å². The number of nitrogens with two attached hydrogens (primary N) is 1. The van der Waals surface area contributed by atoms with Crippen LogP contribution in [0.2, 0.25) is 5.02 Å². The highest BCUT2D eigenvalue weighted by atomic mass is 35.5. The number of pyridine rings is 1. The van der Waals surface area contributed by atoms with E-state index in [-0.39, 0.29) is 18.1 Å². The monoisotopic (exact) mass is 494 g/mol. The molecule has 0 radical (unpaired) electrons. The second-order valence-electron chi connectivity index (χ2n) is 7.41. The Morgan fingerprint density at radius 1 is 0.971 bits per heavy atom. The molecule has 0 aliphatic rings. The quantitative estimate of drug-likeness (QED) is 0.337. The van der Waals surface area contributed by atoms with Crippen molar-refractivity contribution in [3.05, 3.63) is 109 Å². The average Bonchev–Trinajstić information content (AvgIpc) is 2.83. The highest BCUT2D eigenvalue weighted by Gasteiger charge is 2.15. The lowest BCUT2D eigenvalue weighted by molar-refractivity contribution is -0.118. The number of H-pyrrole nitrogens is 1. The standard InChI is InChI=1S/C23H19ClN6O5/c24-15-3-1-14(2-4-15)12-29-21(28-22(33)30(23(29)34)13-19(25)31)27-16-5-7-17(8-6-16)35-18-9-10-20(32)26-11-18/h1-11H,12-13H2,(H2,25,31)(H,26,32)(H,27,28,33). The van der Waals surface area contributed by atoms with Crippen LogP contribution in [0.4, 0.5) is 11.6 Å². The zero-order valence-corrected chi connectivity index (χ0v) is 18.9. The largest absolute Gasteiger partial charge is 0.456 e. The molecule has 12 heteroatoms. The van der Waals surface area contributed by atoms with Crippen molar-refractivity contribution in [2.24, 2.45) is 5.73 Å². The average molecular weight is 495 g/mol. The van der Waals surface area contributed by atoms with Crippen LogP contribution in [0.3, 0.4) is 0 Å². The fourth-order valence-corrected chi connectivity index (χ4v) is 3.29. The Hall–Kier alpha value is -4.64. The minimum absolute atomic E-state index is 0.0232. The van der Waals surface area contributed by atoms with E-state index in [1.165, 1.54) is 22.9 Å². The lowest BCUT2D eigenvalue weighted by atomic mass is 10.2. The van der Waals surface area contributed by atoms with Crippen LogP contribution in [0.5, 0.6) is 11.5 Å². The number of amides is 1. The van der Waals surface area contributed by atoms with Gasteiger partial charge >= 0.3 is 11.4 Å². The van der Waals surface area contributed by atoms with E-state index in [9.17, 15) is 19.2 Å². The van der Waals surface area contributed by atoms with Gasteiger partial charge in [-0.15, -0.1) is 0 Å². The van der Waals surface area contributed by atoms with Crippen LogP contribution < -0.4 is 32.7 Å². The Morgan fingerprint density at radius 3 is 2.29 bits per heavy atom. The maximum atomic E-state index is 13.1. The third-order valence-corrected chi connectivity index (χ3v) is 5.07. The molecule has 0 saturated heterocycles. The maximum absolute atomic E-state index is 13.1. The third kappa shape index (κ3) is 5.84. The van der Waals surface area contributed by atoms with Crippen molar-refractivity contribution in [1.82, 2.24) is 19.1 Å². The summed E-state index contributed by atoms with van der Waals surface area (Å²) in [6.07, 6.45) is 1.44. The fraction of sp³-hybridized carbons (Fsp3) is 0.0870. The second-order valence-corrected chi connectivity index (χ2v) is 7.84. The van der Waals surface area contributed by atoms with Gasteiger partial charge in [0, 0.05) is 23.0 Å². The molecule has 2 heterocycles. The Balaban J connectivity index is 1.64. The Kier molecular flexibility index (Phi) is 6.78. The van der Waals surface area contributed by atoms with Crippen molar-refractivity contribution in [2.75, 3.05) is 5.32 Å². The molecule has 0 aliphatic carbocycles. The number of carbonyl (C=O) groups excluding carboxylic acids is 1. The van der Waals surface area contributed by atoms with Gasteiger partial charge in [-0.1, -0.05) is 23.7 Å². The summed E-state index contributed by atoms with van der Waals surface area (Å²) in [5.74, 6) is 0.0700. The van der Waals surface area contributed by atoms with Gasteiger partial charge in [0.2, 0.25) is 17.4 Å². The fourth-order valence-electron chi connectivity index (χ4n) is 3.16. The first-order valence-corrected chi connectivity index (χ1v) is 10.6. The topological polar surface area (TPSA) is 154 Å². The van der Waals surface area contributed by atoms with Crippen molar-refractivity contribution >= 4 is 29.1 Å². The molecule has 2 aromatic heterocycles. The molecule has 0 fully saturated rings. The van der Waals surface area contributed by atoms with Crippen LogP contribution in [0, 0.1) is 0 Å². The number of benzene rings is 2. The molecule has 0 saturated carbocycles. The number of anilines is 2. The highest BCUT2D eigenvalue weighted by Crippen LogP contribution is 2.23. The van der Waals surface area contributed by atoms with Crippen LogP contribution in [-0.2, 0) is 17.9 Å². The van der Waals surface area contributed by atoms with Crippen LogP contribution in [0.15, 0.2) is 81.2 Å². The van der Waals surface area contributed by atoms with Crippen LogP contribution in [0.25, 0.3) is 0 Å². The molecule has 4 aromatic rings. The van der Waals surface area contributed by atoms with Gasteiger partial charge in [-0.05, 0) is 48.0 Å². The number of hydrogen-bond acceptors (Lipinski definition) is 7. The summed E-state index contributed by atoms with van der Waals surface area (Å²) in [5.41, 5.74) is 4.51. The van der Waals surface area contributed by atoms with Gasteiger partial charge in [-0.2, -0.15) is 4.98 Å². The normalized spacial score (nSPS) is 10.7. The number of ether oxygens (including phenoxy) is 1. The summed E-state index contributed by atoms with van der Waals surface area (Å²) >= 11 is 5.94. The minimum atomic E-state index is -0.915. The molecule has 1 amide bonds. The number of aromatic amines is 1. The summed E-state index contributed by atoms with van der Waals surface area (Å²) in [5, 5.41) is 3.49. The predicted molar refractivity (Wildman–Crippen MR) is 129 cm³/mol. The lowest BCUT2D eigenvalue weighted by Crippen LogP contribution is -2.45. The van der Waals surface area contributed by atoms with Gasteiger partial charge in [0.1, 0.15) is 18.0 Å². The van der Waals surface area contributed by atoms with Gasteiger partial charge in [0.15, 0.2) is 0 Å². The van der Waals surface area contributed by atoms with E-state index in [0.29, 0.717) is 26.8 Å². The Morgan fingerprint density at radius 2 is 1.66 bits per heavy atom. The number of nitrogens with one attached hydrogen (secondary N) is 2. The highest BCUT2D eigenvalue weighted by molar-refractivity contribution is 6.30. The molecule has 2 aromatic carbocycles. The van der Waals surface area contributed by atoms with E-state index < -0.39 is 23.8 Å². The molecule has 0 spiro atoms. The number of halogens is 1. The molecule has 178 valence electrons. The van der Waals surface area contributed by atoms with E-state index >= 15 is 0 Å². The van der Waals surface area contributed by atoms with Crippen LogP contribution in [-0.4, -0.2) is 25.0 Å². The van der Waals surface area contributed by atoms with Gasteiger partial charge in [-0.25, -0.2) is 14.2 Å². The first-order valence-electron chi connectivity index (χ1n) is 10.3. The zero-order chi connectivity index (χ0) is 24.9. The van der Waals surface area contributed by atoms with Gasteiger partial charge < -0.3 is 20.8 Å². The van der Waals surface area contributed by atoms with Gasteiger partial charge in [0.25, 0.3) is 0 Å². The molecular formula is C23H19ClN6O5. The van der Waals surface area contributed by atoms with E-state index in [1.807, 2.05) is 0 Å². The van der Waals surface area contributed by atoms with Gasteiger partial charge in [-0.3, -0.25) is 14.2 Å². The van der Waals surface area contributed by atoms with Crippen LogP contribution >= 0.6 is 11.6 Å². The van der Waals surface area contributed by atoms with Crippen molar-refractivity contribution < 1.29 is 9.53 Å². The molecule has 0 aliphatic heterocycles. The van der Waals surface area contributed by atoms with E-state index in [1.54, 1.807) is 48.5 Å². The molecule has 0 bridgehead atoms. The summed E-state index contributed by atoms with van der Waals surface area (Å²) in [4.78, 5) is 54.5. The molecule has 11 nitrogen and oxygen atoms in total. The summed E-state index contributed by atoms with van der Waals surface area (Å²) in [6.45, 7) is -0.542. The molecule has 0 unspecified atom stereocenters. The number of aromatic nitrogens is 4. The third-order valence-electron chi connectivity index (χ3n) is 4.82. The maximum Gasteiger partial charge on any atom is 0.355 e. The summed E-state index contributed by atoms with van der Waals surface area (Å²) < 4.78 is 7.56. The first-order chi connectivity index (χ1) is 16.8. The molecule has 0 atom stereocenters. The van der Waals surface area contributed by atoms with Crippen molar-refractivity contribution in [2.45, 2.75) is 13.1 Å². The number of rotatable bonds is 8. The summed E-state index contributed by atoms with van der Waals surface area (Å²) in [6, 6.07) is 16.3. The van der Waals surface area contributed by atoms with Crippen molar-refractivity contribution in [3.63, 3.8) is 0 Å². The Labute approximate surface area is 202 Å². The molecule has 4 rings (SSSR count). The van der Waals surface area contributed by atoms with E-state index in [0.717, 1.165) is 5.56 Å². The van der Waals surface area contributed by atoms with E-state index in [4.69, 9.17) is 22.1 Å². The Bertz CT molecular complexity index is 1520. The smallest absolute Gasteiger partial charge is 0.355 e. The molecular weight excluding hydrogens is 476 g/mol. The first kappa shape index (κ1) is 23.5. The summed E-state index contributed by atoms with van der Waals surface area (Å²) in [7, 11) is 0. The van der Waals surface area contributed by atoms with E-state index in [2.05, 4.69) is 15.3 Å². The predicted octanol–water partition coefficient (Wildman–Crippen LogP) is 1.82. The number of carbonyl (C=O) groups is 1. The zero-order valence-electron chi connectivity index (χ0n) is 18.1. The molecule has 4 N–H and O–H groups in total. The van der Waals surface area contributed by atoms with Crippen LogP contribution in [0.1, 0.15) is 5.56 Å². The minimum Gasteiger partial charge on any atom is -0.456 e. The SMILES string of the molecule is NC(=O)Cn1c(=O)nc(Nc2ccc(Oc3ccc(=O)[nH]c3)cc2)n(Cc2ccc(Cl)cc2)c1=O. The number of nitrogens with zero attached hydrogens (tertiary/aromatic N) is 3. The number of hydrogen-bond donors (Lipinski definition) is 3. The second kappa shape index (κ2) is 10.1. The molecule has 35 heavy (non-hydrogen) atoms. The lowest BCUT2D eigenvalue weighted by Gasteiger charge is -2.15. The van der Waals surface area contributed by atoms with Crippen molar-refractivity contribution in [3.8, 4) is 11.5 Å². The van der Waals surface area contributed by atoms with Gasteiger partial charge in [0.05, 0.1) is 6.54 Å². The number of primary amides is 1.